The molecule has 0 aliphatic heterocycles. The predicted octanol–water partition coefficient (Wildman–Crippen LogP) is 2.57. The Morgan fingerprint density at radius 3 is 2.50 bits per heavy atom. The summed E-state index contributed by atoms with van der Waals surface area (Å²) in [5.41, 5.74) is -5.81. The predicted molar refractivity (Wildman–Crippen MR) is 64.6 cm³/mol. The summed E-state index contributed by atoms with van der Waals surface area (Å²) in [6.07, 6.45) is 0. The molecule has 0 aliphatic rings. The maximum Gasteiger partial charge on any atom is 0.501 e. The molecule has 1 N–H and O–H groups in total. The van der Waals surface area contributed by atoms with Gasteiger partial charge in [0, 0.05) is 13.2 Å². The van der Waals surface area contributed by atoms with Gasteiger partial charge in [-0.15, -0.1) is 0 Å². The Bertz CT molecular complexity index is 557. The van der Waals surface area contributed by atoms with Crippen molar-refractivity contribution in [2.75, 3.05) is 25.1 Å². The molecule has 0 bridgehead atoms. The number of hydrogen-bond acceptors (Lipinski definition) is 4. The van der Waals surface area contributed by atoms with Crippen molar-refractivity contribution in [1.82, 2.24) is 0 Å². The SMILES string of the molecule is CCOCCNc1ccc(F)cc1S(=O)(=O)C(F)(F)F. The fourth-order valence-corrected chi connectivity index (χ4v) is 2.34. The highest BCUT2D eigenvalue weighted by Gasteiger charge is 2.48. The van der Waals surface area contributed by atoms with E-state index in [-0.39, 0.29) is 18.8 Å². The highest BCUT2D eigenvalue weighted by Crippen LogP contribution is 2.34. The molecule has 0 saturated carbocycles. The molecule has 0 fully saturated rings. The number of benzene rings is 1. The van der Waals surface area contributed by atoms with Crippen LogP contribution in [0.15, 0.2) is 23.1 Å². The minimum Gasteiger partial charge on any atom is -0.382 e. The summed E-state index contributed by atoms with van der Waals surface area (Å²) in [6.45, 7) is 2.43. The van der Waals surface area contributed by atoms with Gasteiger partial charge in [0.2, 0.25) is 0 Å². The molecule has 0 aliphatic carbocycles. The molecule has 114 valence electrons. The number of rotatable bonds is 6. The van der Waals surface area contributed by atoms with Crippen molar-refractivity contribution < 1.29 is 30.7 Å². The van der Waals surface area contributed by atoms with Crippen molar-refractivity contribution >= 4 is 15.5 Å². The highest BCUT2D eigenvalue weighted by atomic mass is 32.2. The second kappa shape index (κ2) is 6.40. The number of sulfone groups is 1. The molecule has 0 saturated heterocycles. The molecule has 0 spiro atoms. The van der Waals surface area contributed by atoms with E-state index in [4.69, 9.17) is 4.74 Å². The van der Waals surface area contributed by atoms with Crippen LogP contribution in [0.5, 0.6) is 0 Å². The molecule has 4 nitrogen and oxygen atoms in total. The van der Waals surface area contributed by atoms with Crippen molar-refractivity contribution in [3.63, 3.8) is 0 Å². The Labute approximate surface area is 113 Å². The topological polar surface area (TPSA) is 55.4 Å². The monoisotopic (exact) mass is 315 g/mol. The standard InChI is InChI=1S/C11H13F4NO3S/c1-2-19-6-5-16-9-4-3-8(12)7-10(9)20(17,18)11(13,14)15/h3-4,7,16H,2,5-6H2,1H3. The smallest absolute Gasteiger partial charge is 0.382 e. The van der Waals surface area contributed by atoms with Crippen LogP contribution in [-0.2, 0) is 14.6 Å². The normalized spacial score (nSPS) is 12.4. The summed E-state index contributed by atoms with van der Waals surface area (Å²) in [5, 5.41) is 2.48. The molecule has 0 atom stereocenters. The van der Waals surface area contributed by atoms with E-state index >= 15 is 0 Å². The first-order valence-corrected chi connectivity index (χ1v) is 7.11. The van der Waals surface area contributed by atoms with E-state index in [0.29, 0.717) is 12.7 Å². The van der Waals surface area contributed by atoms with Crippen molar-refractivity contribution in [3.8, 4) is 0 Å². The zero-order valence-corrected chi connectivity index (χ0v) is 11.3. The van der Waals surface area contributed by atoms with E-state index in [2.05, 4.69) is 5.32 Å². The molecular formula is C11H13F4NO3S. The maximum atomic E-state index is 13.0. The van der Waals surface area contributed by atoms with Crippen LogP contribution in [0.1, 0.15) is 6.92 Å². The molecular weight excluding hydrogens is 302 g/mol. The molecule has 0 radical (unpaired) electrons. The van der Waals surface area contributed by atoms with Gasteiger partial charge in [0.05, 0.1) is 12.3 Å². The third kappa shape index (κ3) is 3.83. The lowest BCUT2D eigenvalue weighted by Gasteiger charge is -2.14. The number of alkyl halides is 3. The minimum absolute atomic E-state index is 0.0971. The molecule has 0 unspecified atom stereocenters. The summed E-state index contributed by atoms with van der Waals surface area (Å²) >= 11 is 0. The van der Waals surface area contributed by atoms with Crippen LogP contribution in [0.4, 0.5) is 23.2 Å². The molecule has 9 heteroatoms. The van der Waals surface area contributed by atoms with E-state index in [1.165, 1.54) is 0 Å². The van der Waals surface area contributed by atoms with Crippen molar-refractivity contribution in [3.05, 3.63) is 24.0 Å². The summed E-state index contributed by atoms with van der Waals surface area (Å²) < 4.78 is 78.2. The molecule has 20 heavy (non-hydrogen) atoms. The fraction of sp³-hybridized carbons (Fsp3) is 0.455. The fourth-order valence-electron chi connectivity index (χ4n) is 1.39. The Morgan fingerprint density at radius 2 is 1.95 bits per heavy atom. The van der Waals surface area contributed by atoms with Gasteiger partial charge in [-0.2, -0.15) is 13.2 Å². The number of ether oxygens (including phenoxy) is 1. The number of nitrogens with one attached hydrogen (secondary N) is 1. The largest absolute Gasteiger partial charge is 0.501 e. The molecule has 1 rings (SSSR count). The molecule has 0 heterocycles. The van der Waals surface area contributed by atoms with E-state index < -0.39 is 26.1 Å². The second-order valence-electron chi connectivity index (χ2n) is 3.71. The van der Waals surface area contributed by atoms with Crippen LogP contribution in [0.3, 0.4) is 0 Å². The first-order chi connectivity index (χ1) is 9.20. The highest BCUT2D eigenvalue weighted by molar-refractivity contribution is 7.92. The van der Waals surface area contributed by atoms with Crippen LogP contribution in [0, 0.1) is 5.82 Å². The molecule has 1 aromatic carbocycles. The Balaban J connectivity index is 3.09. The molecule has 0 aromatic heterocycles. The van der Waals surface area contributed by atoms with Gasteiger partial charge >= 0.3 is 5.51 Å². The Morgan fingerprint density at radius 1 is 1.30 bits per heavy atom. The first kappa shape index (κ1) is 16.7. The average Bonchev–Trinajstić information content (AvgIpc) is 2.34. The summed E-state index contributed by atoms with van der Waals surface area (Å²) in [5.74, 6) is -1.07. The average molecular weight is 315 g/mol. The van der Waals surface area contributed by atoms with Crippen molar-refractivity contribution in [1.29, 1.82) is 0 Å². The van der Waals surface area contributed by atoms with Gasteiger partial charge in [-0.25, -0.2) is 12.8 Å². The lowest BCUT2D eigenvalue weighted by Crippen LogP contribution is -2.25. The quantitative estimate of drug-likeness (QED) is 0.647. The van der Waals surface area contributed by atoms with Gasteiger partial charge in [0.1, 0.15) is 10.7 Å². The lowest BCUT2D eigenvalue weighted by molar-refractivity contribution is -0.0435. The van der Waals surface area contributed by atoms with E-state index in [9.17, 15) is 26.0 Å². The summed E-state index contributed by atoms with van der Waals surface area (Å²) in [7, 11) is -5.62. The minimum atomic E-state index is -5.62. The van der Waals surface area contributed by atoms with E-state index in [1.807, 2.05) is 0 Å². The van der Waals surface area contributed by atoms with Gasteiger partial charge in [-0.3, -0.25) is 0 Å². The second-order valence-corrected chi connectivity index (χ2v) is 5.62. The van der Waals surface area contributed by atoms with Gasteiger partial charge < -0.3 is 10.1 Å². The molecule has 1 aromatic rings. The maximum absolute atomic E-state index is 13.0. The Hall–Kier alpha value is -1.35. The third-order valence-electron chi connectivity index (χ3n) is 2.30. The first-order valence-electron chi connectivity index (χ1n) is 5.62. The van der Waals surface area contributed by atoms with Crippen LogP contribution < -0.4 is 5.32 Å². The number of anilines is 1. The van der Waals surface area contributed by atoms with Gasteiger partial charge in [-0.1, -0.05) is 0 Å². The van der Waals surface area contributed by atoms with Crippen molar-refractivity contribution in [2.24, 2.45) is 0 Å². The van der Waals surface area contributed by atoms with Crippen molar-refractivity contribution in [2.45, 2.75) is 17.3 Å². The van der Waals surface area contributed by atoms with E-state index in [1.54, 1.807) is 6.92 Å². The number of hydrogen-bond donors (Lipinski definition) is 1. The number of halogens is 4. The zero-order valence-electron chi connectivity index (χ0n) is 10.5. The van der Waals surface area contributed by atoms with Crippen LogP contribution in [-0.4, -0.2) is 33.7 Å². The third-order valence-corrected chi connectivity index (χ3v) is 3.83. The summed E-state index contributed by atoms with van der Waals surface area (Å²) in [4.78, 5) is -1.14. The van der Waals surface area contributed by atoms with Gasteiger partial charge in [0.15, 0.2) is 0 Å². The van der Waals surface area contributed by atoms with Crippen LogP contribution >= 0.6 is 0 Å². The van der Waals surface area contributed by atoms with Crippen LogP contribution in [0.25, 0.3) is 0 Å². The lowest BCUT2D eigenvalue weighted by atomic mass is 10.3. The molecule has 0 amide bonds. The van der Waals surface area contributed by atoms with Gasteiger partial charge in [-0.05, 0) is 25.1 Å². The zero-order chi connectivity index (χ0) is 15.4. The summed E-state index contributed by atoms with van der Waals surface area (Å²) in [6, 6.07) is 2.16. The Kier molecular flexibility index (Phi) is 5.35. The van der Waals surface area contributed by atoms with E-state index in [0.717, 1.165) is 12.1 Å². The van der Waals surface area contributed by atoms with Gasteiger partial charge in [0.25, 0.3) is 9.84 Å². The van der Waals surface area contributed by atoms with Crippen LogP contribution in [0.2, 0.25) is 0 Å².